The van der Waals surface area contributed by atoms with Crippen molar-refractivity contribution in [3.8, 4) is 0 Å². The third-order valence-corrected chi connectivity index (χ3v) is 2.52. The van der Waals surface area contributed by atoms with E-state index in [-0.39, 0.29) is 39.6 Å². The van der Waals surface area contributed by atoms with Gasteiger partial charge in [0.2, 0.25) is 0 Å². The molecule has 0 unspecified atom stereocenters. The number of carbonyl (C=O) groups is 4. The summed E-state index contributed by atoms with van der Waals surface area (Å²) in [5, 5.41) is 0. The molecule has 0 atom stereocenters. The number of esters is 4. The second kappa shape index (κ2) is 18.2. The van der Waals surface area contributed by atoms with E-state index in [0.717, 1.165) is 12.2 Å². The van der Waals surface area contributed by atoms with Gasteiger partial charge < -0.3 is 23.7 Å². The Bertz CT molecular complexity index is 553. The summed E-state index contributed by atoms with van der Waals surface area (Å²) in [6, 6.07) is 0. The fourth-order valence-corrected chi connectivity index (χ4v) is 1.14. The summed E-state index contributed by atoms with van der Waals surface area (Å²) in [4.78, 5) is 42.7. The van der Waals surface area contributed by atoms with Gasteiger partial charge in [-0.1, -0.05) is 26.3 Å². The van der Waals surface area contributed by atoms with Crippen molar-refractivity contribution in [2.75, 3.05) is 39.6 Å². The van der Waals surface area contributed by atoms with Crippen molar-refractivity contribution in [1.82, 2.24) is 0 Å². The summed E-state index contributed by atoms with van der Waals surface area (Å²) < 4.78 is 23.7. The van der Waals surface area contributed by atoms with E-state index in [1.54, 1.807) is 13.8 Å². The first-order valence-corrected chi connectivity index (χ1v) is 8.47. The maximum Gasteiger partial charge on any atom is 0.333 e. The van der Waals surface area contributed by atoms with Gasteiger partial charge in [-0.25, -0.2) is 19.2 Å². The van der Waals surface area contributed by atoms with Gasteiger partial charge in [-0.2, -0.15) is 0 Å². The Morgan fingerprint density at radius 1 is 0.621 bits per heavy atom. The Hall–Kier alpha value is -3.20. The Balaban J connectivity index is 0. The zero-order chi connectivity index (χ0) is 22.7. The predicted octanol–water partition coefficient (Wildman–Crippen LogP) is 1.69. The number of hydrogen-bond acceptors (Lipinski definition) is 9. The molecule has 162 valence electrons. The van der Waals surface area contributed by atoms with Crippen LogP contribution in [0.15, 0.2) is 49.6 Å². The molecule has 9 heteroatoms. The Labute approximate surface area is 170 Å². The molecule has 0 aliphatic heterocycles. The topological polar surface area (TPSA) is 114 Å². The summed E-state index contributed by atoms with van der Waals surface area (Å²) in [5.74, 6) is -1.96. The first-order valence-electron chi connectivity index (χ1n) is 8.47. The highest BCUT2D eigenvalue weighted by atomic mass is 16.6. The van der Waals surface area contributed by atoms with Gasteiger partial charge in [0.25, 0.3) is 0 Å². The van der Waals surface area contributed by atoms with Crippen LogP contribution in [0.3, 0.4) is 0 Å². The monoisotopic (exact) mass is 412 g/mol. The lowest BCUT2D eigenvalue weighted by Gasteiger charge is -2.06. The minimum atomic E-state index is -0.537. The molecule has 0 spiro atoms. The maximum absolute atomic E-state index is 10.9. The normalized spacial score (nSPS) is 9.03. The average Bonchev–Trinajstić information content (AvgIpc) is 2.69. The zero-order valence-electron chi connectivity index (χ0n) is 16.9. The van der Waals surface area contributed by atoms with Crippen LogP contribution in [-0.4, -0.2) is 63.5 Å². The first kappa shape index (κ1) is 28.0. The minimum Gasteiger partial charge on any atom is -0.460 e. The molecule has 0 N–H and O–H groups in total. The summed E-state index contributed by atoms with van der Waals surface area (Å²) in [6.45, 7) is 17.3. The van der Waals surface area contributed by atoms with Crippen LogP contribution in [0.4, 0.5) is 0 Å². The molecule has 0 amide bonds. The molecule has 0 aromatic carbocycles. The molecule has 0 radical (unpaired) electrons. The quantitative estimate of drug-likeness (QED) is 0.193. The summed E-state index contributed by atoms with van der Waals surface area (Å²) in [7, 11) is 0. The molecule has 0 heterocycles. The summed E-state index contributed by atoms with van der Waals surface area (Å²) >= 11 is 0. The molecule has 29 heavy (non-hydrogen) atoms. The maximum atomic E-state index is 10.9. The highest BCUT2D eigenvalue weighted by Gasteiger charge is 2.03. The Morgan fingerprint density at radius 2 is 0.931 bits per heavy atom. The van der Waals surface area contributed by atoms with Gasteiger partial charge in [0.15, 0.2) is 0 Å². The molecule has 0 saturated carbocycles. The minimum absolute atomic E-state index is 0.0322. The Kier molecular flexibility index (Phi) is 17.6. The van der Waals surface area contributed by atoms with Crippen molar-refractivity contribution < 1.29 is 42.9 Å². The van der Waals surface area contributed by atoms with E-state index in [1.165, 1.54) is 0 Å². The van der Waals surface area contributed by atoms with E-state index in [2.05, 4.69) is 35.8 Å². The molecule has 0 bridgehead atoms. The fourth-order valence-electron chi connectivity index (χ4n) is 1.14. The second-order valence-electron chi connectivity index (χ2n) is 5.19. The first-order chi connectivity index (χ1) is 13.6. The lowest BCUT2D eigenvalue weighted by atomic mass is 10.4. The van der Waals surface area contributed by atoms with Crippen LogP contribution >= 0.6 is 0 Å². The summed E-state index contributed by atoms with van der Waals surface area (Å²) in [6.07, 6.45) is 2.07. The van der Waals surface area contributed by atoms with Crippen molar-refractivity contribution >= 4 is 23.9 Å². The third kappa shape index (κ3) is 19.4. The number of rotatable bonds is 13. The van der Waals surface area contributed by atoms with Crippen molar-refractivity contribution in [2.45, 2.75) is 13.8 Å². The Morgan fingerprint density at radius 3 is 1.21 bits per heavy atom. The van der Waals surface area contributed by atoms with Gasteiger partial charge in [-0.05, 0) is 13.8 Å². The molecule has 0 aliphatic rings. The van der Waals surface area contributed by atoms with Crippen molar-refractivity contribution in [3.05, 3.63) is 49.6 Å². The van der Waals surface area contributed by atoms with Gasteiger partial charge in [-0.15, -0.1) is 0 Å². The van der Waals surface area contributed by atoms with E-state index in [9.17, 15) is 19.2 Å². The third-order valence-electron chi connectivity index (χ3n) is 2.52. The largest absolute Gasteiger partial charge is 0.460 e. The van der Waals surface area contributed by atoms with Gasteiger partial charge in [-0.3, -0.25) is 0 Å². The highest BCUT2D eigenvalue weighted by Crippen LogP contribution is 1.93. The molecule has 0 fully saturated rings. The van der Waals surface area contributed by atoms with E-state index < -0.39 is 23.9 Å². The van der Waals surface area contributed by atoms with Gasteiger partial charge in [0.05, 0.1) is 13.2 Å². The van der Waals surface area contributed by atoms with Crippen LogP contribution in [0.2, 0.25) is 0 Å². The van der Waals surface area contributed by atoms with Gasteiger partial charge in [0, 0.05) is 23.3 Å². The number of hydrogen-bond donors (Lipinski definition) is 0. The summed E-state index contributed by atoms with van der Waals surface area (Å²) in [5.41, 5.74) is 0.695. The van der Waals surface area contributed by atoms with E-state index in [4.69, 9.17) is 14.2 Å². The van der Waals surface area contributed by atoms with Crippen LogP contribution in [0, 0.1) is 0 Å². The molecule has 0 aromatic rings. The van der Waals surface area contributed by atoms with Crippen molar-refractivity contribution in [1.29, 1.82) is 0 Å². The van der Waals surface area contributed by atoms with Crippen LogP contribution in [0.5, 0.6) is 0 Å². The molecular weight excluding hydrogens is 384 g/mol. The van der Waals surface area contributed by atoms with Crippen molar-refractivity contribution in [3.63, 3.8) is 0 Å². The van der Waals surface area contributed by atoms with E-state index in [1.807, 2.05) is 0 Å². The zero-order valence-corrected chi connectivity index (χ0v) is 16.9. The molecule has 0 saturated heterocycles. The molecular formula is C20H28O9. The standard InChI is InChI=1S/C12H18O5.C8H10O4/c1-9(2)11(13)16-7-5-15-6-8-17-12(14)10(3)4;1-3-7(9)11-5-6-12-8(10)4-2/h1,3,5-8H2,2,4H3;3-4H,1-2,5-6H2. The van der Waals surface area contributed by atoms with E-state index >= 15 is 0 Å². The lowest BCUT2D eigenvalue weighted by molar-refractivity contribution is -0.146. The lowest BCUT2D eigenvalue weighted by Crippen LogP contribution is -2.14. The van der Waals surface area contributed by atoms with Crippen LogP contribution in [0.1, 0.15) is 13.8 Å². The number of carbonyl (C=O) groups excluding carboxylic acids is 4. The van der Waals surface area contributed by atoms with E-state index in [0.29, 0.717) is 11.1 Å². The predicted molar refractivity (Wildman–Crippen MR) is 105 cm³/mol. The highest BCUT2D eigenvalue weighted by molar-refractivity contribution is 5.87. The molecule has 9 nitrogen and oxygen atoms in total. The van der Waals surface area contributed by atoms with Crippen LogP contribution in [-0.2, 0) is 42.9 Å². The molecule has 0 aliphatic carbocycles. The van der Waals surface area contributed by atoms with Gasteiger partial charge in [0.1, 0.15) is 26.4 Å². The number of ether oxygens (including phenoxy) is 5. The SMILES string of the molecule is C=C(C)C(=O)OCCOCCOC(=O)C(=C)C.C=CC(=O)OCCOC(=O)C=C. The molecule has 0 aromatic heterocycles. The van der Waals surface area contributed by atoms with Gasteiger partial charge >= 0.3 is 23.9 Å². The molecule has 0 rings (SSSR count). The van der Waals surface area contributed by atoms with Crippen molar-refractivity contribution in [2.24, 2.45) is 0 Å². The second-order valence-corrected chi connectivity index (χ2v) is 5.19. The smallest absolute Gasteiger partial charge is 0.333 e. The van der Waals surface area contributed by atoms with Crippen LogP contribution < -0.4 is 0 Å². The van der Waals surface area contributed by atoms with Crippen LogP contribution in [0.25, 0.3) is 0 Å². The fraction of sp³-hybridized carbons (Fsp3) is 0.400. The average molecular weight is 412 g/mol.